The molecule has 0 spiro atoms. The van der Waals surface area contributed by atoms with E-state index in [9.17, 15) is 14.4 Å². The first kappa shape index (κ1) is 17.7. The minimum absolute atomic E-state index is 0.0642. The second kappa shape index (κ2) is 7.74. The maximum atomic E-state index is 12.5. The van der Waals surface area contributed by atoms with Crippen LogP contribution < -0.4 is 10.6 Å². The molecule has 126 valence electrons. The highest BCUT2D eigenvalue weighted by Gasteiger charge is 2.17. The van der Waals surface area contributed by atoms with Gasteiger partial charge < -0.3 is 15.7 Å². The first-order valence-corrected chi connectivity index (χ1v) is 8.23. The predicted molar refractivity (Wildman–Crippen MR) is 93.7 cm³/mol. The van der Waals surface area contributed by atoms with Crippen molar-refractivity contribution in [3.05, 3.63) is 46.3 Å². The number of hydrogen-bond donors (Lipinski definition) is 3. The molecule has 0 radical (unpaired) electrons. The largest absolute Gasteiger partial charge is 0.481 e. The molecule has 1 aromatic carbocycles. The molecule has 24 heavy (non-hydrogen) atoms. The van der Waals surface area contributed by atoms with Gasteiger partial charge in [-0.15, -0.1) is 11.3 Å². The molecular weight excluding hydrogens is 328 g/mol. The van der Waals surface area contributed by atoms with E-state index in [1.165, 1.54) is 18.3 Å². The molecule has 0 saturated heterocycles. The van der Waals surface area contributed by atoms with Crippen LogP contribution in [-0.4, -0.2) is 22.9 Å². The number of aliphatic carboxylic acids is 1. The van der Waals surface area contributed by atoms with Crippen LogP contribution in [0.5, 0.6) is 0 Å². The Morgan fingerprint density at radius 2 is 1.79 bits per heavy atom. The Balaban J connectivity index is 2.15. The zero-order valence-corrected chi connectivity index (χ0v) is 14.2. The van der Waals surface area contributed by atoms with Gasteiger partial charge in [0.2, 0.25) is 5.91 Å². The van der Waals surface area contributed by atoms with Crippen LogP contribution in [0.15, 0.2) is 30.3 Å². The van der Waals surface area contributed by atoms with Gasteiger partial charge >= 0.3 is 5.97 Å². The Morgan fingerprint density at radius 3 is 2.33 bits per heavy atom. The van der Waals surface area contributed by atoms with Gasteiger partial charge in [-0.2, -0.15) is 0 Å². The van der Waals surface area contributed by atoms with Crippen LogP contribution in [0.2, 0.25) is 0 Å². The Bertz CT molecular complexity index is 765. The van der Waals surface area contributed by atoms with E-state index in [-0.39, 0.29) is 18.2 Å². The fourth-order valence-corrected chi connectivity index (χ4v) is 3.16. The number of carboxylic acid groups (broad SMARTS) is 1. The molecule has 0 fully saturated rings. The van der Waals surface area contributed by atoms with E-state index in [0.717, 1.165) is 11.3 Å². The Kier molecular flexibility index (Phi) is 5.70. The topological polar surface area (TPSA) is 95.5 Å². The van der Waals surface area contributed by atoms with Gasteiger partial charge in [0.1, 0.15) is 5.00 Å². The van der Waals surface area contributed by atoms with Crippen molar-refractivity contribution in [2.75, 3.05) is 10.6 Å². The van der Waals surface area contributed by atoms with Crippen molar-refractivity contribution >= 4 is 39.8 Å². The number of hydrogen-bond acceptors (Lipinski definition) is 4. The first-order chi connectivity index (χ1) is 11.4. The minimum Gasteiger partial charge on any atom is -0.481 e. The second-order valence-corrected chi connectivity index (χ2v) is 6.35. The van der Waals surface area contributed by atoms with Crippen molar-refractivity contribution < 1.29 is 19.5 Å². The number of benzene rings is 1. The highest BCUT2D eigenvalue weighted by atomic mass is 32.1. The van der Waals surface area contributed by atoms with Crippen LogP contribution in [0.3, 0.4) is 0 Å². The number of aryl methyl sites for hydroxylation is 1. The Morgan fingerprint density at radius 1 is 1.12 bits per heavy atom. The van der Waals surface area contributed by atoms with Gasteiger partial charge in [0.05, 0.1) is 12.0 Å². The van der Waals surface area contributed by atoms with Gasteiger partial charge in [0.25, 0.3) is 5.91 Å². The molecule has 0 atom stereocenters. The van der Waals surface area contributed by atoms with E-state index in [4.69, 9.17) is 5.11 Å². The van der Waals surface area contributed by atoms with E-state index >= 15 is 0 Å². The number of thiophene rings is 1. The molecule has 0 aliphatic rings. The predicted octanol–water partition coefficient (Wildman–Crippen LogP) is 3.15. The number of carbonyl (C=O) groups excluding carboxylic acids is 2. The molecule has 3 N–H and O–H groups in total. The quantitative estimate of drug-likeness (QED) is 0.749. The molecule has 2 rings (SSSR count). The third kappa shape index (κ3) is 4.66. The zero-order valence-electron chi connectivity index (χ0n) is 13.4. The molecule has 1 heterocycles. The summed E-state index contributed by atoms with van der Waals surface area (Å²) in [5.41, 5.74) is 1.64. The van der Waals surface area contributed by atoms with Gasteiger partial charge in [-0.1, -0.05) is 19.1 Å². The summed E-state index contributed by atoms with van der Waals surface area (Å²) in [5, 5.41) is 14.7. The highest BCUT2D eigenvalue weighted by Crippen LogP contribution is 2.29. The van der Waals surface area contributed by atoms with E-state index in [0.29, 0.717) is 21.8 Å². The summed E-state index contributed by atoms with van der Waals surface area (Å²) in [6.07, 6.45) is 0.708. The van der Waals surface area contributed by atoms with Gasteiger partial charge in [0.15, 0.2) is 0 Å². The Labute approximate surface area is 143 Å². The standard InChI is InChI=1S/C17H18N2O4S/c1-3-13-9-14(17(24-13)18-10(2)20)16(23)19-12-6-4-11(5-7-12)8-15(21)22/h4-7,9H,3,8H2,1-2H3,(H,18,20)(H,19,23)(H,21,22). The number of amides is 2. The number of anilines is 2. The number of carboxylic acids is 1. The maximum absolute atomic E-state index is 12.5. The molecule has 0 aliphatic heterocycles. The summed E-state index contributed by atoms with van der Waals surface area (Å²) >= 11 is 1.38. The summed E-state index contributed by atoms with van der Waals surface area (Å²) < 4.78 is 0. The lowest BCUT2D eigenvalue weighted by Crippen LogP contribution is -2.14. The molecular formula is C17H18N2O4S. The van der Waals surface area contributed by atoms with Gasteiger partial charge in [-0.25, -0.2) is 0 Å². The molecule has 2 amide bonds. The van der Waals surface area contributed by atoms with Crippen LogP contribution in [-0.2, 0) is 22.4 Å². The number of nitrogens with one attached hydrogen (secondary N) is 2. The highest BCUT2D eigenvalue weighted by molar-refractivity contribution is 7.16. The summed E-state index contributed by atoms with van der Waals surface area (Å²) in [7, 11) is 0. The summed E-state index contributed by atoms with van der Waals surface area (Å²) in [4.78, 5) is 35.4. The molecule has 0 aliphatic carbocycles. The fourth-order valence-electron chi connectivity index (χ4n) is 2.12. The first-order valence-electron chi connectivity index (χ1n) is 7.41. The maximum Gasteiger partial charge on any atom is 0.307 e. The van der Waals surface area contributed by atoms with Crippen molar-refractivity contribution in [2.24, 2.45) is 0 Å². The van der Waals surface area contributed by atoms with Crippen LogP contribution in [0.25, 0.3) is 0 Å². The minimum atomic E-state index is -0.905. The van der Waals surface area contributed by atoms with Crippen molar-refractivity contribution in [3.63, 3.8) is 0 Å². The monoisotopic (exact) mass is 346 g/mol. The van der Waals surface area contributed by atoms with Crippen LogP contribution in [0, 0.1) is 0 Å². The lowest BCUT2D eigenvalue weighted by Gasteiger charge is -2.07. The fraction of sp³-hybridized carbons (Fsp3) is 0.235. The third-order valence-corrected chi connectivity index (χ3v) is 4.43. The summed E-state index contributed by atoms with van der Waals surface area (Å²) in [6.45, 7) is 3.38. The van der Waals surface area contributed by atoms with Crippen LogP contribution in [0.1, 0.15) is 34.6 Å². The molecule has 7 heteroatoms. The van der Waals surface area contributed by atoms with Gasteiger partial charge in [-0.3, -0.25) is 14.4 Å². The molecule has 0 bridgehead atoms. The van der Waals surface area contributed by atoms with Crippen molar-refractivity contribution in [3.8, 4) is 0 Å². The van der Waals surface area contributed by atoms with Crippen molar-refractivity contribution in [2.45, 2.75) is 26.7 Å². The van der Waals surface area contributed by atoms with Crippen molar-refractivity contribution in [1.82, 2.24) is 0 Å². The molecule has 2 aromatic rings. The number of carbonyl (C=O) groups is 3. The lowest BCUT2D eigenvalue weighted by atomic mass is 10.1. The second-order valence-electron chi connectivity index (χ2n) is 5.21. The smallest absolute Gasteiger partial charge is 0.307 e. The van der Waals surface area contributed by atoms with Gasteiger partial charge in [0, 0.05) is 17.5 Å². The third-order valence-electron chi connectivity index (χ3n) is 3.23. The average Bonchev–Trinajstić information content (AvgIpc) is 2.91. The van der Waals surface area contributed by atoms with E-state index < -0.39 is 5.97 Å². The molecule has 0 unspecified atom stereocenters. The van der Waals surface area contributed by atoms with Crippen LogP contribution >= 0.6 is 11.3 Å². The summed E-state index contributed by atoms with van der Waals surface area (Å²) in [6, 6.07) is 8.39. The zero-order chi connectivity index (χ0) is 17.7. The Hall–Kier alpha value is -2.67. The van der Waals surface area contributed by atoms with Gasteiger partial charge in [-0.05, 0) is 30.2 Å². The van der Waals surface area contributed by atoms with Crippen molar-refractivity contribution in [1.29, 1.82) is 0 Å². The molecule has 1 aromatic heterocycles. The number of rotatable bonds is 6. The summed E-state index contributed by atoms with van der Waals surface area (Å²) in [5.74, 6) is -1.45. The average molecular weight is 346 g/mol. The molecule has 6 nitrogen and oxygen atoms in total. The van der Waals surface area contributed by atoms with E-state index in [1.54, 1.807) is 30.3 Å². The van der Waals surface area contributed by atoms with Crippen LogP contribution in [0.4, 0.5) is 10.7 Å². The normalized spacial score (nSPS) is 10.2. The van der Waals surface area contributed by atoms with E-state index in [2.05, 4.69) is 10.6 Å². The SMILES string of the molecule is CCc1cc(C(=O)Nc2ccc(CC(=O)O)cc2)c(NC(C)=O)s1. The van der Waals surface area contributed by atoms with E-state index in [1.807, 2.05) is 6.92 Å². The lowest BCUT2D eigenvalue weighted by molar-refractivity contribution is -0.136. The molecule has 0 saturated carbocycles.